The van der Waals surface area contributed by atoms with E-state index < -0.39 is 0 Å². The fourth-order valence-corrected chi connectivity index (χ4v) is 15.7. The zero-order valence-corrected chi connectivity index (χ0v) is 56.5. The van der Waals surface area contributed by atoms with Gasteiger partial charge in [-0.05, 0) is 205 Å². The quantitative estimate of drug-likeness (QED) is 0.115. The van der Waals surface area contributed by atoms with Crippen molar-refractivity contribution in [2.45, 2.75) is 26.7 Å². The molecule has 102 heavy (non-hydrogen) atoms. The summed E-state index contributed by atoms with van der Waals surface area (Å²) in [5.41, 5.74) is 33.1. The van der Waals surface area contributed by atoms with Crippen molar-refractivity contribution in [3.8, 4) is 112 Å². The van der Waals surface area contributed by atoms with Gasteiger partial charge >= 0.3 is 0 Å². The highest BCUT2D eigenvalue weighted by Crippen LogP contribution is 2.44. The highest BCUT2D eigenvalue weighted by atomic mass is 16.4. The number of benzene rings is 15. The first-order valence-electron chi connectivity index (χ1n) is 35.0. The summed E-state index contributed by atoms with van der Waals surface area (Å²) < 4.78 is 17.9. The Kier molecular flexibility index (Phi) is 14.5. The zero-order chi connectivity index (χ0) is 67.9. The van der Waals surface area contributed by atoms with Crippen LogP contribution in [0.5, 0.6) is 0 Å². The number of hydrogen-bond acceptors (Lipinski definition) is 4. The summed E-state index contributed by atoms with van der Waals surface area (Å²) in [6.45, 7) is 6.57. The predicted molar refractivity (Wildman–Crippen MR) is 423 cm³/mol. The Hall–Kier alpha value is -13.2. The largest absolute Gasteiger partial charge is 0.436 e. The maximum absolute atomic E-state index is 6.67. The minimum Gasteiger partial charge on any atom is -0.436 e. The summed E-state index contributed by atoms with van der Waals surface area (Å²) in [6.07, 6.45) is 0. The van der Waals surface area contributed by atoms with Gasteiger partial charge in [0.2, 0.25) is 11.8 Å². The third-order valence-electron chi connectivity index (χ3n) is 20.8. The van der Waals surface area contributed by atoms with Crippen LogP contribution in [0.25, 0.3) is 178 Å². The molecule has 0 aliphatic rings. The number of aromatic nitrogens is 4. The van der Waals surface area contributed by atoms with E-state index in [9.17, 15) is 0 Å². The topological polar surface area (TPSA) is 61.9 Å². The van der Waals surface area contributed by atoms with E-state index in [1.54, 1.807) is 0 Å². The summed E-state index contributed by atoms with van der Waals surface area (Å²) in [5.74, 6) is 1.26. The molecule has 0 aliphatic carbocycles. The molecule has 0 bridgehead atoms. The third kappa shape index (κ3) is 10.4. The number of nitrogens with zero attached hydrogens (tertiary/aromatic N) is 4. The van der Waals surface area contributed by atoms with Crippen LogP contribution in [0.15, 0.2) is 349 Å². The summed E-state index contributed by atoms with van der Waals surface area (Å²) >= 11 is 0. The van der Waals surface area contributed by atoms with Crippen molar-refractivity contribution in [1.29, 1.82) is 0 Å². The van der Waals surface area contributed by atoms with Crippen LogP contribution in [0.4, 0.5) is 0 Å². The molecule has 0 N–H and O–H groups in total. The Morgan fingerprint density at radius 1 is 0.265 bits per heavy atom. The Morgan fingerprint density at radius 2 is 0.608 bits per heavy atom. The van der Waals surface area contributed by atoms with Crippen LogP contribution in [-0.4, -0.2) is 19.1 Å². The monoisotopic (exact) mass is 1310 g/mol. The number of fused-ring (bicyclic) bond motifs is 8. The van der Waals surface area contributed by atoms with Crippen LogP contribution in [0.3, 0.4) is 0 Å². The van der Waals surface area contributed by atoms with Crippen molar-refractivity contribution in [3.05, 3.63) is 362 Å². The molecule has 19 rings (SSSR count). The third-order valence-corrected chi connectivity index (χ3v) is 20.8. The van der Waals surface area contributed by atoms with E-state index in [-0.39, 0.29) is 5.92 Å². The van der Waals surface area contributed by atoms with E-state index in [0.717, 1.165) is 111 Å². The van der Waals surface area contributed by atoms with E-state index >= 15 is 0 Å². The lowest BCUT2D eigenvalue weighted by Crippen LogP contribution is -1.98. The summed E-state index contributed by atoms with van der Waals surface area (Å²) in [6, 6.07) is 123. The molecule has 6 nitrogen and oxygen atoms in total. The van der Waals surface area contributed by atoms with Crippen molar-refractivity contribution >= 4 is 65.8 Å². The molecule has 0 radical (unpaired) electrons. The summed E-state index contributed by atoms with van der Waals surface area (Å²) in [7, 11) is 0. The predicted octanol–water partition coefficient (Wildman–Crippen LogP) is 25.9. The van der Waals surface area contributed by atoms with E-state index in [1.165, 1.54) is 77.1 Å². The van der Waals surface area contributed by atoms with Crippen molar-refractivity contribution in [2.24, 2.45) is 0 Å². The van der Waals surface area contributed by atoms with E-state index in [4.69, 9.17) is 18.8 Å². The number of para-hydroxylation sites is 3. The molecule has 0 amide bonds. The van der Waals surface area contributed by atoms with E-state index in [1.807, 2.05) is 0 Å². The second-order valence-electron chi connectivity index (χ2n) is 26.9. The first-order chi connectivity index (χ1) is 50.3. The van der Waals surface area contributed by atoms with Gasteiger partial charge in [-0.15, -0.1) is 0 Å². The van der Waals surface area contributed by atoms with Crippen LogP contribution < -0.4 is 0 Å². The summed E-state index contributed by atoms with van der Waals surface area (Å²) in [4.78, 5) is 9.96. The van der Waals surface area contributed by atoms with Gasteiger partial charge in [0.05, 0.1) is 22.1 Å². The first kappa shape index (κ1) is 60.1. The smallest absolute Gasteiger partial charge is 0.227 e. The molecule has 1 atom stereocenters. The molecule has 6 heteroatoms. The molecular weight excluding hydrogens is 1240 g/mol. The maximum atomic E-state index is 6.67. The lowest BCUT2D eigenvalue weighted by atomic mass is 9.89. The lowest BCUT2D eigenvalue weighted by Gasteiger charge is -2.16. The van der Waals surface area contributed by atoms with Crippen LogP contribution in [0.1, 0.15) is 35.1 Å². The van der Waals surface area contributed by atoms with Crippen molar-refractivity contribution in [2.75, 3.05) is 0 Å². The normalized spacial score (nSPS) is 12.0. The fourth-order valence-electron chi connectivity index (χ4n) is 15.7. The van der Waals surface area contributed by atoms with Gasteiger partial charge in [-0.25, -0.2) is 9.97 Å². The average molecular weight is 1310 g/mol. The molecule has 1 unspecified atom stereocenters. The average Bonchev–Trinajstić information content (AvgIpc) is 1.54. The van der Waals surface area contributed by atoms with E-state index in [2.05, 4.69) is 370 Å². The number of oxazole rings is 2. The molecule has 0 spiro atoms. The van der Waals surface area contributed by atoms with Gasteiger partial charge in [0.1, 0.15) is 11.0 Å². The SMILES string of the molecule is Cc1ccc(-c2ccc3nc(-c4ccc(-c5ccccc5-c5ccccc5-c5ccc(-n6c7ccccc7c7ccc(C(C)c8ccc9nc(-c%10ccc(-c%11ccccc%11-c%11ccccc%11-c%11ccc(-n%12c%13ccccc%13c%13ccccc%13%12)cc%11)cc%10)oc9c8)cc76)cc5)cc4)oc3c2)c(C)c1. The van der Waals surface area contributed by atoms with Crippen molar-refractivity contribution in [3.63, 3.8) is 0 Å². The van der Waals surface area contributed by atoms with Crippen molar-refractivity contribution in [1.82, 2.24) is 19.1 Å². The molecule has 19 aromatic rings. The number of aryl methyl sites for hydroxylation is 2. The molecule has 4 heterocycles. The number of rotatable bonds is 13. The van der Waals surface area contributed by atoms with Gasteiger partial charge in [0.25, 0.3) is 0 Å². The Labute approximate surface area is 591 Å². The van der Waals surface area contributed by atoms with Gasteiger partial charge in [-0.1, -0.05) is 255 Å². The van der Waals surface area contributed by atoms with Gasteiger partial charge in [0, 0.05) is 50.0 Å². The number of hydrogen-bond donors (Lipinski definition) is 0. The second-order valence-corrected chi connectivity index (χ2v) is 26.9. The lowest BCUT2D eigenvalue weighted by molar-refractivity contribution is 0.619. The standard InChI is InChI=1S/C96H66N4O2/c1-60-32-52-74(61(2)56-60)71-47-55-88-94(59-71)102-96(98-88)68-39-35-64(36-40-68)76-19-5-9-23-80(76)82-25-11-7-21-78(82)66-43-50-73(51-44-66)100-91-31-17-14-28-85(91)86-53-45-69(57-92(86)100)62(3)70-46-54-87-93(58-70)101-95(97-87)67-37-33-63(34-38-67)75-18-4-8-22-79(75)81-24-10-6-20-77(81)65-41-48-72(49-42-65)99-89-29-15-12-26-83(89)84-27-13-16-30-90(84)99/h4-59,62H,1-3H3. The zero-order valence-electron chi connectivity index (χ0n) is 56.5. The van der Waals surface area contributed by atoms with Crippen LogP contribution in [0.2, 0.25) is 0 Å². The minimum absolute atomic E-state index is 0.0606. The first-order valence-corrected chi connectivity index (χ1v) is 35.0. The van der Waals surface area contributed by atoms with Gasteiger partial charge in [-0.2, -0.15) is 0 Å². The molecule has 482 valence electrons. The van der Waals surface area contributed by atoms with E-state index in [0.29, 0.717) is 11.8 Å². The minimum atomic E-state index is 0.0606. The molecule has 0 fully saturated rings. The molecular formula is C96H66N4O2. The second kappa shape index (κ2) is 24.7. The Bertz CT molecular complexity index is 6410. The van der Waals surface area contributed by atoms with Gasteiger partial charge in [0.15, 0.2) is 11.2 Å². The molecule has 0 saturated carbocycles. The highest BCUT2D eigenvalue weighted by molar-refractivity contribution is 6.11. The van der Waals surface area contributed by atoms with Gasteiger partial charge < -0.3 is 18.0 Å². The van der Waals surface area contributed by atoms with Crippen LogP contribution in [0, 0.1) is 13.8 Å². The van der Waals surface area contributed by atoms with Gasteiger partial charge in [-0.3, -0.25) is 0 Å². The van der Waals surface area contributed by atoms with Crippen LogP contribution in [-0.2, 0) is 0 Å². The Balaban J connectivity index is 0.575. The summed E-state index contributed by atoms with van der Waals surface area (Å²) in [5, 5.41) is 4.94. The molecule has 15 aromatic carbocycles. The fraction of sp³-hybridized carbons (Fsp3) is 0.0417. The Morgan fingerprint density at radius 3 is 1.06 bits per heavy atom. The molecule has 4 aromatic heterocycles. The van der Waals surface area contributed by atoms with Crippen LogP contribution >= 0.6 is 0 Å². The molecule has 0 aliphatic heterocycles. The highest BCUT2D eigenvalue weighted by Gasteiger charge is 2.22. The molecule has 0 saturated heterocycles. The maximum Gasteiger partial charge on any atom is 0.227 e. The van der Waals surface area contributed by atoms with Crippen molar-refractivity contribution < 1.29 is 8.83 Å².